The minimum atomic E-state index is -0.101. The lowest BCUT2D eigenvalue weighted by molar-refractivity contribution is -0.121. The Bertz CT molecular complexity index is 633. The van der Waals surface area contributed by atoms with E-state index in [0.717, 1.165) is 16.6 Å². The van der Waals surface area contributed by atoms with E-state index < -0.39 is 0 Å². The van der Waals surface area contributed by atoms with Crippen molar-refractivity contribution >= 4 is 28.4 Å². The molecule has 6 heteroatoms. The third-order valence-corrected chi connectivity index (χ3v) is 2.99. The van der Waals surface area contributed by atoms with E-state index in [0.29, 0.717) is 0 Å². The van der Waals surface area contributed by atoms with Crippen LogP contribution in [0, 0.1) is 0 Å². The fraction of sp³-hybridized carbons (Fsp3) is 0.286. The van der Waals surface area contributed by atoms with E-state index in [1.54, 1.807) is 14.1 Å². The highest BCUT2D eigenvalue weighted by molar-refractivity contribution is 5.95. The van der Waals surface area contributed by atoms with Crippen molar-refractivity contribution in [2.24, 2.45) is 0 Å². The molecule has 0 aliphatic carbocycles. The first-order valence-corrected chi connectivity index (χ1v) is 6.38. The normalized spacial score (nSPS) is 10.5. The second kappa shape index (κ2) is 6.21. The smallest absolute Gasteiger partial charge is 0.239 e. The van der Waals surface area contributed by atoms with Gasteiger partial charge < -0.3 is 20.5 Å². The summed E-state index contributed by atoms with van der Waals surface area (Å²) in [6, 6.07) is 7.58. The second-order valence-electron chi connectivity index (χ2n) is 4.47. The van der Waals surface area contributed by atoms with Gasteiger partial charge in [-0.25, -0.2) is 0 Å². The third kappa shape index (κ3) is 3.16. The van der Waals surface area contributed by atoms with Crippen LogP contribution in [0.5, 0.6) is 0 Å². The number of amides is 2. The third-order valence-electron chi connectivity index (χ3n) is 2.99. The lowest BCUT2D eigenvalue weighted by Gasteiger charge is -2.07. The van der Waals surface area contributed by atoms with Gasteiger partial charge in [0, 0.05) is 18.9 Å². The Hall–Kier alpha value is -2.34. The van der Waals surface area contributed by atoms with Crippen LogP contribution in [-0.2, 0) is 16.1 Å². The molecular formula is C14H18N4O2. The van der Waals surface area contributed by atoms with E-state index >= 15 is 0 Å². The molecule has 6 nitrogen and oxygen atoms in total. The first-order valence-electron chi connectivity index (χ1n) is 6.38. The number of benzene rings is 1. The minimum Gasteiger partial charge on any atom is -0.358 e. The number of carbonyl (C=O) groups excluding carboxylic acids is 2. The highest BCUT2D eigenvalue weighted by Gasteiger charge is 2.07. The van der Waals surface area contributed by atoms with Crippen molar-refractivity contribution in [2.75, 3.05) is 26.0 Å². The van der Waals surface area contributed by atoms with Crippen LogP contribution in [0.3, 0.4) is 0 Å². The van der Waals surface area contributed by atoms with E-state index in [-0.39, 0.29) is 24.9 Å². The molecule has 0 unspecified atom stereocenters. The van der Waals surface area contributed by atoms with Crippen molar-refractivity contribution in [3.63, 3.8) is 0 Å². The number of likely N-dealkylation sites (N-methyl/N-ethyl adjacent to an activating group) is 2. The van der Waals surface area contributed by atoms with E-state index in [9.17, 15) is 9.59 Å². The first-order chi connectivity index (χ1) is 9.63. The van der Waals surface area contributed by atoms with Crippen molar-refractivity contribution in [1.29, 1.82) is 0 Å². The zero-order valence-electron chi connectivity index (χ0n) is 11.6. The van der Waals surface area contributed by atoms with E-state index in [1.165, 1.54) is 0 Å². The fourth-order valence-electron chi connectivity index (χ4n) is 2.00. The summed E-state index contributed by atoms with van der Waals surface area (Å²) in [6.45, 7) is 0.519. The fourth-order valence-corrected chi connectivity index (χ4v) is 2.00. The van der Waals surface area contributed by atoms with Gasteiger partial charge in [-0.2, -0.15) is 0 Å². The van der Waals surface area contributed by atoms with Crippen LogP contribution in [0.4, 0.5) is 5.69 Å². The molecule has 2 rings (SSSR count). The van der Waals surface area contributed by atoms with Gasteiger partial charge in [-0.3, -0.25) is 9.59 Å². The SMILES string of the molecule is CNCC(=O)Nc1ccc2ccn(CC(=O)NC)c2c1. The zero-order chi connectivity index (χ0) is 14.5. The molecule has 0 bridgehead atoms. The predicted octanol–water partition coefficient (Wildman–Crippen LogP) is 0.545. The Labute approximate surface area is 117 Å². The van der Waals surface area contributed by atoms with E-state index in [1.807, 2.05) is 35.0 Å². The summed E-state index contributed by atoms with van der Waals surface area (Å²) >= 11 is 0. The lowest BCUT2D eigenvalue weighted by Crippen LogP contribution is -2.25. The van der Waals surface area contributed by atoms with Crippen molar-refractivity contribution in [1.82, 2.24) is 15.2 Å². The molecular weight excluding hydrogens is 256 g/mol. The number of aromatic nitrogens is 1. The van der Waals surface area contributed by atoms with Crippen molar-refractivity contribution in [3.05, 3.63) is 30.5 Å². The number of nitrogens with one attached hydrogen (secondary N) is 3. The molecule has 1 aromatic carbocycles. The summed E-state index contributed by atoms with van der Waals surface area (Å²) in [5, 5.41) is 9.22. The Balaban J connectivity index is 2.25. The van der Waals surface area contributed by atoms with Crippen molar-refractivity contribution < 1.29 is 9.59 Å². The van der Waals surface area contributed by atoms with Gasteiger partial charge in [-0.05, 0) is 30.6 Å². The molecule has 0 atom stereocenters. The minimum absolute atomic E-state index is 0.0629. The number of hydrogen-bond acceptors (Lipinski definition) is 3. The molecule has 1 aromatic heterocycles. The van der Waals surface area contributed by atoms with Gasteiger partial charge in [0.1, 0.15) is 6.54 Å². The van der Waals surface area contributed by atoms with Gasteiger partial charge in [0.05, 0.1) is 12.1 Å². The second-order valence-corrected chi connectivity index (χ2v) is 4.47. The molecule has 20 heavy (non-hydrogen) atoms. The van der Waals surface area contributed by atoms with Crippen LogP contribution in [0.1, 0.15) is 0 Å². The van der Waals surface area contributed by atoms with Crippen LogP contribution < -0.4 is 16.0 Å². The number of carbonyl (C=O) groups is 2. The quantitative estimate of drug-likeness (QED) is 0.745. The largest absolute Gasteiger partial charge is 0.358 e. The summed E-state index contributed by atoms with van der Waals surface area (Å²) in [6.07, 6.45) is 1.86. The topological polar surface area (TPSA) is 75.2 Å². The first kappa shape index (κ1) is 14.1. The van der Waals surface area contributed by atoms with Crippen LogP contribution in [-0.4, -0.2) is 37.0 Å². The molecule has 0 saturated heterocycles. The highest BCUT2D eigenvalue weighted by atomic mass is 16.2. The van der Waals surface area contributed by atoms with Crippen LogP contribution >= 0.6 is 0 Å². The Kier molecular flexibility index (Phi) is 4.37. The molecule has 106 valence electrons. The maximum Gasteiger partial charge on any atom is 0.239 e. The Morgan fingerprint density at radius 1 is 1.15 bits per heavy atom. The molecule has 2 aromatic rings. The summed E-state index contributed by atoms with van der Waals surface area (Å²) in [7, 11) is 3.33. The summed E-state index contributed by atoms with van der Waals surface area (Å²) < 4.78 is 1.85. The van der Waals surface area contributed by atoms with Crippen molar-refractivity contribution in [3.8, 4) is 0 Å². The summed E-state index contributed by atoms with van der Waals surface area (Å²) in [5.41, 5.74) is 1.63. The van der Waals surface area contributed by atoms with Gasteiger partial charge in [-0.15, -0.1) is 0 Å². The highest BCUT2D eigenvalue weighted by Crippen LogP contribution is 2.20. The van der Waals surface area contributed by atoms with Gasteiger partial charge >= 0.3 is 0 Å². The molecule has 0 aliphatic rings. The monoisotopic (exact) mass is 274 g/mol. The Morgan fingerprint density at radius 2 is 1.95 bits per heavy atom. The summed E-state index contributed by atoms with van der Waals surface area (Å²) in [5.74, 6) is -0.164. The number of hydrogen-bond donors (Lipinski definition) is 3. The average Bonchev–Trinajstić information content (AvgIpc) is 2.81. The number of anilines is 1. The predicted molar refractivity (Wildman–Crippen MR) is 78.6 cm³/mol. The standard InChI is InChI=1S/C14H18N4O2/c1-15-8-13(19)17-11-4-3-10-5-6-18(12(10)7-11)9-14(20)16-2/h3-7,15H,8-9H2,1-2H3,(H,16,20)(H,17,19). The lowest BCUT2D eigenvalue weighted by atomic mass is 10.2. The van der Waals surface area contributed by atoms with E-state index in [2.05, 4.69) is 16.0 Å². The van der Waals surface area contributed by atoms with E-state index in [4.69, 9.17) is 0 Å². The molecule has 0 radical (unpaired) electrons. The molecule has 1 heterocycles. The number of nitrogens with zero attached hydrogens (tertiary/aromatic N) is 1. The zero-order valence-corrected chi connectivity index (χ0v) is 11.6. The maximum atomic E-state index is 11.6. The average molecular weight is 274 g/mol. The van der Waals surface area contributed by atoms with Crippen LogP contribution in [0.2, 0.25) is 0 Å². The van der Waals surface area contributed by atoms with Crippen molar-refractivity contribution in [2.45, 2.75) is 6.54 Å². The number of fused-ring (bicyclic) bond motifs is 1. The molecule has 0 fully saturated rings. The van der Waals surface area contributed by atoms with Gasteiger partial charge in [-0.1, -0.05) is 6.07 Å². The Morgan fingerprint density at radius 3 is 2.65 bits per heavy atom. The van der Waals surface area contributed by atoms with Gasteiger partial charge in [0.2, 0.25) is 11.8 Å². The van der Waals surface area contributed by atoms with Crippen LogP contribution in [0.25, 0.3) is 10.9 Å². The van der Waals surface area contributed by atoms with Gasteiger partial charge in [0.15, 0.2) is 0 Å². The molecule has 0 aliphatic heterocycles. The molecule has 2 amide bonds. The number of rotatable bonds is 5. The van der Waals surface area contributed by atoms with Crippen LogP contribution in [0.15, 0.2) is 30.5 Å². The summed E-state index contributed by atoms with van der Waals surface area (Å²) in [4.78, 5) is 23.0. The molecule has 0 saturated carbocycles. The molecule has 3 N–H and O–H groups in total. The maximum absolute atomic E-state index is 11.6. The molecule has 0 spiro atoms. The van der Waals surface area contributed by atoms with Gasteiger partial charge in [0.25, 0.3) is 0 Å².